The Labute approximate surface area is 153 Å². The third kappa shape index (κ3) is 2.87. The number of imide groups is 2. The van der Waals surface area contributed by atoms with Crippen LogP contribution in [0, 0.1) is 11.7 Å². The quantitative estimate of drug-likeness (QED) is 0.657. The fourth-order valence-electron chi connectivity index (χ4n) is 3.82. The lowest BCUT2D eigenvalue weighted by Gasteiger charge is -2.35. The molecule has 4 rings (SSSR count). The van der Waals surface area contributed by atoms with Crippen molar-refractivity contribution < 1.29 is 28.7 Å². The topological polar surface area (TPSA) is 116 Å². The molecule has 4 amide bonds. The Hall–Kier alpha value is -2.81. The molecule has 0 radical (unpaired) electrons. The normalized spacial score (nSPS) is 27.3. The molecule has 1 atom stereocenters. The van der Waals surface area contributed by atoms with Crippen LogP contribution in [0.3, 0.4) is 0 Å². The Morgan fingerprint density at radius 2 is 1.81 bits per heavy atom. The molecule has 3 N–H and O–H groups in total. The predicted octanol–water partition coefficient (Wildman–Crippen LogP) is 0.410. The van der Waals surface area contributed by atoms with E-state index in [4.69, 9.17) is 5.11 Å². The summed E-state index contributed by atoms with van der Waals surface area (Å²) in [5, 5.41) is 14.2. The maximum absolute atomic E-state index is 14.4. The summed E-state index contributed by atoms with van der Waals surface area (Å²) in [6, 6.07) is 1.22. The molecule has 1 saturated carbocycles. The molecule has 27 heavy (non-hydrogen) atoms. The second kappa shape index (κ2) is 6.41. The summed E-state index contributed by atoms with van der Waals surface area (Å²) in [5.74, 6) is -3.04. The number of anilines is 1. The van der Waals surface area contributed by atoms with E-state index in [0.29, 0.717) is 12.8 Å². The van der Waals surface area contributed by atoms with Crippen molar-refractivity contribution in [1.29, 1.82) is 0 Å². The van der Waals surface area contributed by atoms with E-state index in [1.807, 2.05) is 0 Å². The number of carbonyl (C=O) groups excluding carboxylic acids is 4. The van der Waals surface area contributed by atoms with Crippen molar-refractivity contribution in [3.8, 4) is 0 Å². The van der Waals surface area contributed by atoms with Gasteiger partial charge < -0.3 is 10.4 Å². The van der Waals surface area contributed by atoms with Gasteiger partial charge in [-0.25, -0.2) is 4.39 Å². The zero-order valence-electron chi connectivity index (χ0n) is 14.3. The molecule has 0 bridgehead atoms. The fourth-order valence-corrected chi connectivity index (χ4v) is 3.82. The van der Waals surface area contributed by atoms with Crippen LogP contribution >= 0.6 is 0 Å². The molecule has 9 heteroatoms. The van der Waals surface area contributed by atoms with Crippen molar-refractivity contribution >= 4 is 29.3 Å². The minimum atomic E-state index is -1.08. The maximum Gasteiger partial charge on any atom is 0.262 e. The molecule has 2 aliphatic heterocycles. The average molecular weight is 375 g/mol. The maximum atomic E-state index is 14.4. The van der Waals surface area contributed by atoms with E-state index in [-0.39, 0.29) is 48.2 Å². The fraction of sp³-hybridized carbons (Fsp3) is 0.444. The molecule has 1 aromatic carbocycles. The predicted molar refractivity (Wildman–Crippen MR) is 90.3 cm³/mol. The Kier molecular flexibility index (Phi) is 4.18. The first-order valence-corrected chi connectivity index (χ1v) is 8.81. The van der Waals surface area contributed by atoms with Crippen LogP contribution in [0.1, 0.15) is 46.4 Å². The van der Waals surface area contributed by atoms with Crippen LogP contribution in [-0.4, -0.2) is 52.3 Å². The van der Waals surface area contributed by atoms with E-state index in [9.17, 15) is 23.6 Å². The zero-order chi connectivity index (χ0) is 19.3. The monoisotopic (exact) mass is 375 g/mol. The number of halogens is 1. The number of hydrogen-bond acceptors (Lipinski definition) is 6. The first-order valence-electron chi connectivity index (χ1n) is 8.81. The van der Waals surface area contributed by atoms with Crippen molar-refractivity contribution in [2.45, 2.75) is 37.8 Å². The van der Waals surface area contributed by atoms with Gasteiger partial charge in [-0.1, -0.05) is 0 Å². The number of aliphatic hydroxyl groups is 1. The van der Waals surface area contributed by atoms with Crippen LogP contribution in [0.2, 0.25) is 0 Å². The second-order valence-electron chi connectivity index (χ2n) is 7.19. The Morgan fingerprint density at radius 3 is 2.44 bits per heavy atom. The third-order valence-corrected chi connectivity index (χ3v) is 5.38. The number of piperidine rings is 1. The lowest BCUT2D eigenvalue weighted by Crippen LogP contribution is -2.54. The van der Waals surface area contributed by atoms with E-state index < -0.39 is 35.5 Å². The Morgan fingerprint density at radius 1 is 1.15 bits per heavy atom. The van der Waals surface area contributed by atoms with Gasteiger partial charge in [-0.3, -0.25) is 29.4 Å². The van der Waals surface area contributed by atoms with Crippen molar-refractivity contribution in [2.24, 2.45) is 5.92 Å². The van der Waals surface area contributed by atoms with E-state index in [1.165, 1.54) is 6.07 Å². The lowest BCUT2D eigenvalue weighted by molar-refractivity contribution is -0.136. The highest BCUT2D eigenvalue weighted by Gasteiger charge is 2.45. The number of rotatable bonds is 4. The van der Waals surface area contributed by atoms with Gasteiger partial charge in [0.1, 0.15) is 11.9 Å². The number of benzene rings is 1. The molecule has 2 heterocycles. The van der Waals surface area contributed by atoms with Crippen LogP contribution in [-0.2, 0) is 9.59 Å². The molecule has 0 aromatic heterocycles. The molecule has 2 fully saturated rings. The number of nitrogens with zero attached hydrogens (tertiary/aromatic N) is 1. The Bertz CT molecular complexity index is 865. The molecule has 3 aliphatic rings. The van der Waals surface area contributed by atoms with Crippen LogP contribution in [0.5, 0.6) is 0 Å². The van der Waals surface area contributed by atoms with Crippen LogP contribution in [0.25, 0.3) is 0 Å². The van der Waals surface area contributed by atoms with Gasteiger partial charge in [0, 0.05) is 19.1 Å². The SMILES string of the molecule is O=C1CCC(N2C(=O)c3cc(F)c(NC4CC(CO)C4)cc3C2=O)C(=O)N1. The molecular weight excluding hydrogens is 357 g/mol. The van der Waals surface area contributed by atoms with E-state index >= 15 is 0 Å². The van der Waals surface area contributed by atoms with Gasteiger partial charge in [-0.15, -0.1) is 0 Å². The molecule has 1 saturated heterocycles. The van der Waals surface area contributed by atoms with Crippen molar-refractivity contribution in [1.82, 2.24) is 10.2 Å². The second-order valence-corrected chi connectivity index (χ2v) is 7.19. The van der Waals surface area contributed by atoms with E-state index in [2.05, 4.69) is 10.6 Å². The van der Waals surface area contributed by atoms with Gasteiger partial charge in [0.25, 0.3) is 11.8 Å². The van der Waals surface area contributed by atoms with Gasteiger partial charge >= 0.3 is 0 Å². The van der Waals surface area contributed by atoms with Gasteiger partial charge in [0.2, 0.25) is 11.8 Å². The highest BCUT2D eigenvalue weighted by atomic mass is 19.1. The lowest BCUT2D eigenvalue weighted by atomic mass is 9.81. The summed E-state index contributed by atoms with van der Waals surface area (Å²) in [4.78, 5) is 49.4. The molecule has 1 aromatic rings. The number of fused-ring (bicyclic) bond motifs is 1. The standard InChI is InChI=1S/C18H18FN3O5/c19-12-5-10-11(6-13(12)20-9-3-8(4-9)7-23)18(27)22(17(10)26)14-1-2-15(24)21-16(14)25/h5-6,8-9,14,20,23H,1-4,7H2,(H,21,24,25). The van der Waals surface area contributed by atoms with Gasteiger partial charge in [0.15, 0.2) is 0 Å². The van der Waals surface area contributed by atoms with Crippen molar-refractivity contribution in [2.75, 3.05) is 11.9 Å². The van der Waals surface area contributed by atoms with Gasteiger partial charge in [-0.2, -0.15) is 0 Å². The number of nitrogens with one attached hydrogen (secondary N) is 2. The Balaban J connectivity index is 1.58. The number of amides is 4. The summed E-state index contributed by atoms with van der Waals surface area (Å²) in [5.41, 5.74) is 0.0580. The number of aliphatic hydroxyl groups excluding tert-OH is 1. The molecule has 1 unspecified atom stereocenters. The highest BCUT2D eigenvalue weighted by molar-refractivity contribution is 6.23. The van der Waals surface area contributed by atoms with Gasteiger partial charge in [0.05, 0.1) is 16.8 Å². The minimum absolute atomic E-state index is 0.00635. The third-order valence-electron chi connectivity index (χ3n) is 5.38. The zero-order valence-corrected chi connectivity index (χ0v) is 14.3. The summed E-state index contributed by atoms with van der Waals surface area (Å²) >= 11 is 0. The highest BCUT2D eigenvalue weighted by Crippen LogP contribution is 2.34. The number of hydrogen-bond donors (Lipinski definition) is 3. The summed E-state index contributed by atoms with van der Waals surface area (Å²) < 4.78 is 14.4. The average Bonchev–Trinajstić information content (AvgIpc) is 2.82. The van der Waals surface area contributed by atoms with Crippen molar-refractivity contribution in [3.63, 3.8) is 0 Å². The summed E-state index contributed by atoms with van der Waals surface area (Å²) in [7, 11) is 0. The molecule has 1 aliphatic carbocycles. The minimum Gasteiger partial charge on any atom is -0.396 e. The van der Waals surface area contributed by atoms with Gasteiger partial charge in [-0.05, 0) is 37.3 Å². The first-order chi connectivity index (χ1) is 12.9. The molecule has 142 valence electrons. The van der Waals surface area contributed by atoms with Crippen molar-refractivity contribution in [3.05, 3.63) is 29.1 Å². The summed E-state index contributed by atoms with van der Waals surface area (Å²) in [6.07, 6.45) is 1.47. The van der Waals surface area contributed by atoms with Crippen LogP contribution < -0.4 is 10.6 Å². The van der Waals surface area contributed by atoms with Crippen LogP contribution in [0.15, 0.2) is 12.1 Å². The van der Waals surface area contributed by atoms with Crippen LogP contribution in [0.4, 0.5) is 10.1 Å². The smallest absolute Gasteiger partial charge is 0.262 e. The number of carbonyl (C=O) groups is 4. The first kappa shape index (κ1) is 17.6. The molecular formula is C18H18FN3O5. The van der Waals surface area contributed by atoms with E-state index in [0.717, 1.165) is 11.0 Å². The molecule has 0 spiro atoms. The summed E-state index contributed by atoms with van der Waals surface area (Å²) in [6.45, 7) is 0.0821. The molecule has 8 nitrogen and oxygen atoms in total. The van der Waals surface area contributed by atoms with E-state index in [1.54, 1.807) is 0 Å². The largest absolute Gasteiger partial charge is 0.396 e.